The molecule has 1 heterocycles. The highest BCUT2D eigenvalue weighted by Crippen LogP contribution is 2.22. The molecule has 0 saturated carbocycles. The van der Waals surface area contributed by atoms with Crippen molar-refractivity contribution in [1.29, 1.82) is 0 Å². The van der Waals surface area contributed by atoms with E-state index in [1.807, 2.05) is 62.4 Å². The molecular weight excluding hydrogens is 366 g/mol. The number of piperazine rings is 1. The summed E-state index contributed by atoms with van der Waals surface area (Å²) in [6.07, 6.45) is 0.133. The normalized spacial score (nSPS) is 16.9. The van der Waals surface area contributed by atoms with Crippen molar-refractivity contribution in [2.45, 2.75) is 39.4 Å². The minimum atomic E-state index is -0.490. The molecule has 0 spiro atoms. The van der Waals surface area contributed by atoms with Crippen molar-refractivity contribution in [1.82, 2.24) is 15.5 Å². The van der Waals surface area contributed by atoms with E-state index >= 15 is 0 Å². The zero-order chi connectivity index (χ0) is 20.6. The van der Waals surface area contributed by atoms with Crippen LogP contribution in [0, 0.1) is 6.92 Å². The predicted octanol–water partition coefficient (Wildman–Crippen LogP) is 2.40. The van der Waals surface area contributed by atoms with Crippen LogP contribution in [0.3, 0.4) is 0 Å². The van der Waals surface area contributed by atoms with Crippen molar-refractivity contribution < 1.29 is 14.3 Å². The van der Waals surface area contributed by atoms with E-state index in [4.69, 9.17) is 4.74 Å². The zero-order valence-electron chi connectivity index (χ0n) is 17.1. The number of carbonyl (C=O) groups excluding carboxylic acids is 2. The Balaban J connectivity index is 1.64. The van der Waals surface area contributed by atoms with E-state index in [1.165, 1.54) is 0 Å². The van der Waals surface area contributed by atoms with Crippen molar-refractivity contribution >= 4 is 11.8 Å². The highest BCUT2D eigenvalue weighted by Gasteiger charge is 2.32. The number of benzene rings is 2. The first kappa shape index (κ1) is 20.9. The van der Waals surface area contributed by atoms with Gasteiger partial charge in [0.15, 0.2) is 0 Å². The second kappa shape index (κ2) is 10.1. The summed E-state index contributed by atoms with van der Waals surface area (Å²) in [6, 6.07) is 15.4. The van der Waals surface area contributed by atoms with Gasteiger partial charge in [0, 0.05) is 31.7 Å². The third kappa shape index (κ3) is 5.81. The fourth-order valence-electron chi connectivity index (χ4n) is 3.59. The highest BCUT2D eigenvalue weighted by molar-refractivity contribution is 5.88. The number of amides is 2. The third-order valence-electron chi connectivity index (χ3n) is 5.04. The van der Waals surface area contributed by atoms with E-state index in [0.29, 0.717) is 32.8 Å². The molecule has 2 amide bonds. The number of carbonyl (C=O) groups is 2. The molecular formula is C23H29N3O3. The molecule has 154 valence electrons. The molecule has 2 N–H and O–H groups in total. The molecule has 6 heteroatoms. The number of nitrogens with one attached hydrogen (secondary N) is 2. The van der Waals surface area contributed by atoms with E-state index in [-0.39, 0.29) is 18.2 Å². The van der Waals surface area contributed by atoms with E-state index in [0.717, 1.165) is 22.4 Å². The quantitative estimate of drug-likeness (QED) is 0.720. The highest BCUT2D eigenvalue weighted by atomic mass is 16.5. The summed E-state index contributed by atoms with van der Waals surface area (Å²) in [7, 11) is 0. The summed E-state index contributed by atoms with van der Waals surface area (Å²) >= 11 is 0. The molecule has 1 unspecified atom stereocenters. The maximum Gasteiger partial charge on any atom is 0.237 e. The molecule has 2 aromatic rings. The Morgan fingerprint density at radius 2 is 2.07 bits per heavy atom. The summed E-state index contributed by atoms with van der Waals surface area (Å²) in [4.78, 5) is 27.1. The van der Waals surface area contributed by atoms with E-state index in [9.17, 15) is 9.59 Å². The number of aryl methyl sites for hydroxylation is 1. The van der Waals surface area contributed by atoms with Gasteiger partial charge in [-0.3, -0.25) is 14.5 Å². The van der Waals surface area contributed by atoms with Gasteiger partial charge in [0.1, 0.15) is 5.75 Å². The van der Waals surface area contributed by atoms with Crippen molar-refractivity contribution in [2.24, 2.45) is 0 Å². The van der Waals surface area contributed by atoms with Gasteiger partial charge in [0.25, 0.3) is 0 Å². The standard InChI is InChI=1S/C23H29N3O3/c1-3-29-21-10-5-4-9-19(21)16-26-12-11-24-23(28)20(26)14-22(27)25-15-18-8-6-7-17(2)13-18/h4-10,13,20H,3,11-12,14-16H2,1-2H3,(H,24,28)(H,25,27). The van der Waals surface area contributed by atoms with Gasteiger partial charge in [-0.05, 0) is 25.5 Å². The van der Waals surface area contributed by atoms with Crippen LogP contribution in [-0.4, -0.2) is 42.5 Å². The molecule has 1 atom stereocenters. The van der Waals surface area contributed by atoms with Crippen LogP contribution in [0.15, 0.2) is 48.5 Å². The van der Waals surface area contributed by atoms with Gasteiger partial charge in [-0.25, -0.2) is 0 Å². The number of ether oxygens (including phenoxy) is 1. The number of rotatable bonds is 8. The first-order valence-corrected chi connectivity index (χ1v) is 10.1. The lowest BCUT2D eigenvalue weighted by molar-refractivity contribution is -0.134. The molecule has 3 rings (SSSR count). The van der Waals surface area contributed by atoms with Crippen molar-refractivity contribution in [3.8, 4) is 5.75 Å². The topological polar surface area (TPSA) is 70.7 Å². The minimum Gasteiger partial charge on any atom is -0.494 e. The van der Waals surface area contributed by atoms with Crippen molar-refractivity contribution in [3.05, 3.63) is 65.2 Å². The van der Waals surface area contributed by atoms with Crippen LogP contribution in [-0.2, 0) is 22.7 Å². The van der Waals surface area contributed by atoms with Gasteiger partial charge in [-0.1, -0.05) is 48.0 Å². The molecule has 2 aromatic carbocycles. The monoisotopic (exact) mass is 395 g/mol. The minimum absolute atomic E-state index is 0.101. The van der Waals surface area contributed by atoms with Crippen LogP contribution in [0.5, 0.6) is 5.75 Å². The molecule has 1 aliphatic heterocycles. The maximum absolute atomic E-state index is 12.5. The summed E-state index contributed by atoms with van der Waals surface area (Å²) in [5.41, 5.74) is 3.23. The van der Waals surface area contributed by atoms with Gasteiger partial charge < -0.3 is 15.4 Å². The van der Waals surface area contributed by atoms with Gasteiger partial charge in [0.05, 0.1) is 19.1 Å². The van der Waals surface area contributed by atoms with Crippen LogP contribution < -0.4 is 15.4 Å². The van der Waals surface area contributed by atoms with Crippen molar-refractivity contribution in [2.75, 3.05) is 19.7 Å². The number of para-hydroxylation sites is 1. The van der Waals surface area contributed by atoms with Gasteiger partial charge in [0.2, 0.25) is 11.8 Å². The lowest BCUT2D eigenvalue weighted by atomic mass is 10.1. The Morgan fingerprint density at radius 3 is 2.86 bits per heavy atom. The first-order chi connectivity index (χ1) is 14.1. The van der Waals surface area contributed by atoms with Crippen molar-refractivity contribution in [3.63, 3.8) is 0 Å². The Bertz CT molecular complexity index is 853. The molecule has 1 aliphatic rings. The third-order valence-corrected chi connectivity index (χ3v) is 5.04. The van der Waals surface area contributed by atoms with E-state index in [1.54, 1.807) is 0 Å². The molecule has 0 radical (unpaired) electrons. The first-order valence-electron chi connectivity index (χ1n) is 10.1. The van der Waals surface area contributed by atoms with Crippen LogP contribution in [0.25, 0.3) is 0 Å². The smallest absolute Gasteiger partial charge is 0.237 e. The van der Waals surface area contributed by atoms with Gasteiger partial charge in [-0.15, -0.1) is 0 Å². The average molecular weight is 396 g/mol. The molecule has 0 aromatic heterocycles. The fourth-order valence-corrected chi connectivity index (χ4v) is 3.59. The van der Waals surface area contributed by atoms with Crippen LogP contribution in [0.2, 0.25) is 0 Å². The number of nitrogens with zero attached hydrogens (tertiary/aromatic N) is 1. The van der Waals surface area contributed by atoms with E-state index in [2.05, 4.69) is 15.5 Å². The molecule has 29 heavy (non-hydrogen) atoms. The molecule has 0 bridgehead atoms. The maximum atomic E-state index is 12.5. The average Bonchev–Trinajstić information content (AvgIpc) is 2.71. The molecule has 6 nitrogen and oxygen atoms in total. The SMILES string of the molecule is CCOc1ccccc1CN1CCNC(=O)C1CC(=O)NCc1cccc(C)c1. The Kier molecular flexibility index (Phi) is 7.25. The predicted molar refractivity (Wildman–Crippen MR) is 112 cm³/mol. The summed E-state index contributed by atoms with van der Waals surface area (Å²) in [5, 5.41) is 5.82. The molecule has 0 aliphatic carbocycles. The van der Waals surface area contributed by atoms with Crippen LogP contribution >= 0.6 is 0 Å². The largest absolute Gasteiger partial charge is 0.494 e. The Labute approximate surface area is 172 Å². The lowest BCUT2D eigenvalue weighted by Crippen LogP contribution is -2.56. The summed E-state index contributed by atoms with van der Waals surface area (Å²) in [6.45, 7) is 6.87. The Hall–Kier alpha value is -2.86. The van der Waals surface area contributed by atoms with Gasteiger partial charge in [-0.2, -0.15) is 0 Å². The molecule has 1 saturated heterocycles. The zero-order valence-corrected chi connectivity index (χ0v) is 17.1. The van der Waals surface area contributed by atoms with Gasteiger partial charge >= 0.3 is 0 Å². The molecule has 1 fully saturated rings. The fraction of sp³-hybridized carbons (Fsp3) is 0.391. The lowest BCUT2D eigenvalue weighted by Gasteiger charge is -2.35. The number of hydrogen-bond donors (Lipinski definition) is 2. The van der Waals surface area contributed by atoms with Crippen LogP contribution in [0.4, 0.5) is 0 Å². The van der Waals surface area contributed by atoms with E-state index < -0.39 is 6.04 Å². The van der Waals surface area contributed by atoms with Crippen LogP contribution in [0.1, 0.15) is 30.0 Å². The summed E-state index contributed by atoms with van der Waals surface area (Å²) < 4.78 is 5.71. The second-order valence-corrected chi connectivity index (χ2v) is 7.29. The Morgan fingerprint density at radius 1 is 1.24 bits per heavy atom. The second-order valence-electron chi connectivity index (χ2n) is 7.29. The number of hydrogen-bond acceptors (Lipinski definition) is 4. The summed E-state index contributed by atoms with van der Waals surface area (Å²) in [5.74, 6) is 0.594.